The van der Waals surface area contributed by atoms with Crippen LogP contribution >= 0.6 is 0 Å². The zero-order valence-corrected chi connectivity index (χ0v) is 11.8. The molecular weight excluding hydrogens is 267 g/mol. The van der Waals surface area contributed by atoms with Gasteiger partial charge >= 0.3 is 0 Å². The number of carbonyl (C=O) groups is 1. The average Bonchev–Trinajstić information content (AvgIpc) is 2.50. The van der Waals surface area contributed by atoms with Crippen molar-refractivity contribution in [1.82, 2.24) is 5.32 Å². The first-order valence-corrected chi connectivity index (χ1v) is 7.00. The first-order valence-electron chi connectivity index (χ1n) is 7.00. The van der Waals surface area contributed by atoms with Crippen LogP contribution in [0.3, 0.4) is 0 Å². The summed E-state index contributed by atoms with van der Waals surface area (Å²) in [5, 5.41) is 6.04. The minimum absolute atomic E-state index is 0.113. The SMILES string of the molecule is Cc1ccc(NC(=O)C2CNCc3ccccc32)cc1F. The van der Waals surface area contributed by atoms with Crippen molar-refractivity contribution in [3.63, 3.8) is 0 Å². The van der Waals surface area contributed by atoms with Crippen molar-refractivity contribution in [2.45, 2.75) is 19.4 Å². The van der Waals surface area contributed by atoms with Crippen LogP contribution in [-0.4, -0.2) is 12.5 Å². The Bertz CT molecular complexity index is 684. The Kier molecular flexibility index (Phi) is 3.71. The summed E-state index contributed by atoms with van der Waals surface area (Å²) in [4.78, 5) is 12.5. The van der Waals surface area contributed by atoms with Crippen molar-refractivity contribution in [3.05, 3.63) is 65.0 Å². The summed E-state index contributed by atoms with van der Waals surface area (Å²) >= 11 is 0. The maximum Gasteiger partial charge on any atom is 0.233 e. The molecule has 21 heavy (non-hydrogen) atoms. The van der Waals surface area contributed by atoms with Crippen LogP contribution in [0.25, 0.3) is 0 Å². The van der Waals surface area contributed by atoms with Crippen molar-refractivity contribution in [2.75, 3.05) is 11.9 Å². The number of nitrogens with one attached hydrogen (secondary N) is 2. The summed E-state index contributed by atoms with van der Waals surface area (Å²) < 4.78 is 13.5. The molecule has 108 valence electrons. The molecule has 0 radical (unpaired) electrons. The van der Waals surface area contributed by atoms with E-state index in [1.807, 2.05) is 24.3 Å². The van der Waals surface area contributed by atoms with E-state index in [0.29, 0.717) is 17.8 Å². The minimum atomic E-state index is -0.310. The second-order valence-corrected chi connectivity index (χ2v) is 5.34. The molecule has 0 aliphatic carbocycles. The molecule has 0 aromatic heterocycles. The van der Waals surface area contributed by atoms with Crippen LogP contribution in [0, 0.1) is 12.7 Å². The zero-order chi connectivity index (χ0) is 14.8. The number of benzene rings is 2. The van der Waals surface area contributed by atoms with E-state index in [4.69, 9.17) is 0 Å². The molecule has 1 unspecified atom stereocenters. The van der Waals surface area contributed by atoms with Gasteiger partial charge in [0.2, 0.25) is 5.91 Å². The summed E-state index contributed by atoms with van der Waals surface area (Å²) in [5.41, 5.74) is 3.24. The fourth-order valence-electron chi connectivity index (χ4n) is 2.63. The molecule has 2 aromatic carbocycles. The molecule has 1 atom stereocenters. The van der Waals surface area contributed by atoms with E-state index in [1.54, 1.807) is 19.1 Å². The first kappa shape index (κ1) is 13.8. The van der Waals surface area contributed by atoms with Gasteiger partial charge in [-0.05, 0) is 35.7 Å². The summed E-state index contributed by atoms with van der Waals surface area (Å²) in [7, 11) is 0. The van der Waals surface area contributed by atoms with Crippen molar-refractivity contribution in [1.29, 1.82) is 0 Å². The Morgan fingerprint density at radius 2 is 2.10 bits per heavy atom. The Morgan fingerprint density at radius 3 is 2.90 bits per heavy atom. The molecule has 2 aromatic rings. The lowest BCUT2D eigenvalue weighted by molar-refractivity contribution is -0.117. The highest BCUT2D eigenvalue weighted by atomic mass is 19.1. The lowest BCUT2D eigenvalue weighted by Gasteiger charge is -2.25. The third-order valence-electron chi connectivity index (χ3n) is 3.85. The molecule has 3 nitrogen and oxygen atoms in total. The Balaban J connectivity index is 1.81. The monoisotopic (exact) mass is 284 g/mol. The van der Waals surface area contributed by atoms with Gasteiger partial charge in [-0.25, -0.2) is 4.39 Å². The molecule has 0 saturated carbocycles. The highest BCUT2D eigenvalue weighted by Crippen LogP contribution is 2.25. The maximum absolute atomic E-state index is 13.5. The predicted octanol–water partition coefficient (Wildman–Crippen LogP) is 2.96. The van der Waals surface area contributed by atoms with Crippen LogP contribution in [0.2, 0.25) is 0 Å². The largest absolute Gasteiger partial charge is 0.325 e. The van der Waals surface area contributed by atoms with Crippen LogP contribution in [0.1, 0.15) is 22.6 Å². The third kappa shape index (κ3) is 2.81. The number of aryl methyl sites for hydroxylation is 1. The van der Waals surface area contributed by atoms with E-state index < -0.39 is 0 Å². The van der Waals surface area contributed by atoms with Crippen LogP contribution in [0.5, 0.6) is 0 Å². The fourth-order valence-corrected chi connectivity index (χ4v) is 2.63. The molecule has 2 N–H and O–H groups in total. The van der Waals surface area contributed by atoms with E-state index in [1.165, 1.54) is 6.07 Å². The van der Waals surface area contributed by atoms with Crippen LogP contribution in [-0.2, 0) is 11.3 Å². The first-order chi connectivity index (χ1) is 10.1. The maximum atomic E-state index is 13.5. The van der Waals surface area contributed by atoms with Gasteiger partial charge in [0.15, 0.2) is 0 Å². The van der Waals surface area contributed by atoms with Crippen LogP contribution in [0.4, 0.5) is 10.1 Å². The average molecular weight is 284 g/mol. The second kappa shape index (κ2) is 5.66. The number of fused-ring (bicyclic) bond motifs is 1. The normalized spacial score (nSPS) is 17.1. The molecule has 4 heteroatoms. The third-order valence-corrected chi connectivity index (χ3v) is 3.85. The highest BCUT2D eigenvalue weighted by molar-refractivity contribution is 5.96. The summed E-state index contributed by atoms with van der Waals surface area (Å²) in [5.74, 6) is -0.674. The van der Waals surface area contributed by atoms with Gasteiger partial charge in [0.1, 0.15) is 5.82 Å². The Morgan fingerprint density at radius 1 is 1.29 bits per heavy atom. The molecule has 1 heterocycles. The quantitative estimate of drug-likeness (QED) is 0.890. The van der Waals surface area contributed by atoms with Crippen molar-refractivity contribution >= 4 is 11.6 Å². The van der Waals surface area contributed by atoms with Gasteiger partial charge in [0, 0.05) is 18.8 Å². The minimum Gasteiger partial charge on any atom is -0.325 e. The number of hydrogen-bond acceptors (Lipinski definition) is 2. The van der Waals surface area contributed by atoms with Gasteiger partial charge in [0.05, 0.1) is 5.92 Å². The Labute approximate surface area is 123 Å². The molecule has 0 fully saturated rings. The van der Waals surface area contributed by atoms with Crippen LogP contribution < -0.4 is 10.6 Å². The number of rotatable bonds is 2. The zero-order valence-electron chi connectivity index (χ0n) is 11.8. The van der Waals surface area contributed by atoms with E-state index >= 15 is 0 Å². The van der Waals surface area contributed by atoms with E-state index in [0.717, 1.165) is 17.7 Å². The second-order valence-electron chi connectivity index (χ2n) is 5.34. The predicted molar refractivity (Wildman–Crippen MR) is 80.7 cm³/mol. The smallest absolute Gasteiger partial charge is 0.233 e. The summed E-state index contributed by atoms with van der Waals surface area (Å²) in [6, 6.07) is 12.7. The van der Waals surface area contributed by atoms with Gasteiger partial charge in [-0.3, -0.25) is 4.79 Å². The van der Waals surface area contributed by atoms with Gasteiger partial charge in [-0.1, -0.05) is 30.3 Å². The van der Waals surface area contributed by atoms with E-state index in [2.05, 4.69) is 10.6 Å². The Hall–Kier alpha value is -2.20. The molecule has 3 rings (SSSR count). The summed E-state index contributed by atoms with van der Waals surface area (Å²) in [6.45, 7) is 3.07. The highest BCUT2D eigenvalue weighted by Gasteiger charge is 2.26. The number of amides is 1. The van der Waals surface area contributed by atoms with Gasteiger partial charge in [-0.2, -0.15) is 0 Å². The molecule has 0 spiro atoms. The topological polar surface area (TPSA) is 41.1 Å². The fraction of sp³-hybridized carbons (Fsp3) is 0.235. The number of halogens is 1. The number of hydrogen-bond donors (Lipinski definition) is 2. The molecule has 1 aliphatic heterocycles. The number of anilines is 1. The molecule has 0 bridgehead atoms. The number of carbonyl (C=O) groups excluding carboxylic acids is 1. The van der Waals surface area contributed by atoms with Crippen molar-refractivity contribution in [2.24, 2.45) is 0 Å². The lowest BCUT2D eigenvalue weighted by Crippen LogP contribution is -2.35. The molecule has 1 amide bonds. The standard InChI is InChI=1S/C17H17FN2O/c1-11-6-7-13(8-16(11)18)20-17(21)15-10-19-9-12-4-2-3-5-14(12)15/h2-8,15,19H,9-10H2,1H3,(H,20,21). The summed E-state index contributed by atoms with van der Waals surface area (Å²) in [6.07, 6.45) is 0. The van der Waals surface area contributed by atoms with E-state index in [-0.39, 0.29) is 17.6 Å². The molecule has 0 saturated heterocycles. The van der Waals surface area contributed by atoms with Crippen molar-refractivity contribution in [3.8, 4) is 0 Å². The van der Waals surface area contributed by atoms with E-state index in [9.17, 15) is 9.18 Å². The van der Waals surface area contributed by atoms with Crippen molar-refractivity contribution < 1.29 is 9.18 Å². The van der Waals surface area contributed by atoms with Gasteiger partial charge < -0.3 is 10.6 Å². The van der Waals surface area contributed by atoms with Crippen LogP contribution in [0.15, 0.2) is 42.5 Å². The molecule has 1 aliphatic rings. The van der Waals surface area contributed by atoms with Gasteiger partial charge in [0.25, 0.3) is 0 Å². The lowest BCUT2D eigenvalue weighted by atomic mass is 9.90. The molecular formula is C17H17FN2O. The van der Waals surface area contributed by atoms with Gasteiger partial charge in [-0.15, -0.1) is 0 Å².